The van der Waals surface area contributed by atoms with Gasteiger partial charge in [0.05, 0.1) is 22.3 Å². The number of ether oxygens (including phenoxy) is 1. The zero-order chi connectivity index (χ0) is 23.5. The highest BCUT2D eigenvalue weighted by molar-refractivity contribution is 7.18. The smallest absolute Gasteiger partial charge is 0.422 e. The monoisotopic (exact) mass is 473 g/mol. The zero-order valence-electron chi connectivity index (χ0n) is 18.1. The van der Waals surface area contributed by atoms with Crippen molar-refractivity contribution in [2.45, 2.75) is 26.1 Å². The molecule has 1 aliphatic heterocycles. The van der Waals surface area contributed by atoms with Crippen LogP contribution in [0.2, 0.25) is 0 Å². The van der Waals surface area contributed by atoms with Gasteiger partial charge in [-0.15, -0.1) is 11.3 Å². The number of piperazine rings is 1. The van der Waals surface area contributed by atoms with Crippen molar-refractivity contribution in [1.82, 2.24) is 20.5 Å². The molecule has 8 nitrogen and oxygen atoms in total. The molecule has 0 aromatic carbocycles. The van der Waals surface area contributed by atoms with Crippen LogP contribution in [0.4, 0.5) is 19.0 Å². The standard InChI is InChI=1S/C20H26F3N5O3S/c1-12(2)25-16(29)9-27-4-6-28(7-5-27)15-8-14(31-11-20(21,22)23)18-17(26-15)13(10-32-18)19(30)24-3/h8,10,12H,4-7,9,11H2,1-3H3,(H,24,30)(H,25,29). The molecule has 32 heavy (non-hydrogen) atoms. The minimum Gasteiger partial charge on any atom is -0.482 e. The lowest BCUT2D eigenvalue weighted by atomic mass is 10.2. The molecule has 0 aliphatic carbocycles. The summed E-state index contributed by atoms with van der Waals surface area (Å²) in [5, 5.41) is 6.94. The highest BCUT2D eigenvalue weighted by Gasteiger charge is 2.30. The first-order valence-corrected chi connectivity index (χ1v) is 11.1. The lowest BCUT2D eigenvalue weighted by Crippen LogP contribution is -2.50. The van der Waals surface area contributed by atoms with Crippen LogP contribution in [-0.2, 0) is 4.79 Å². The number of amides is 2. The first-order valence-electron chi connectivity index (χ1n) is 10.2. The Morgan fingerprint density at radius 3 is 2.53 bits per heavy atom. The van der Waals surface area contributed by atoms with Crippen molar-refractivity contribution >= 4 is 39.2 Å². The average Bonchev–Trinajstić information content (AvgIpc) is 3.15. The number of fused-ring (bicyclic) bond motifs is 1. The fraction of sp³-hybridized carbons (Fsp3) is 0.550. The Labute approximate surface area is 187 Å². The molecule has 3 rings (SSSR count). The van der Waals surface area contributed by atoms with Crippen molar-refractivity contribution in [3.05, 3.63) is 17.0 Å². The van der Waals surface area contributed by atoms with E-state index in [4.69, 9.17) is 4.74 Å². The summed E-state index contributed by atoms with van der Waals surface area (Å²) in [4.78, 5) is 32.7. The topological polar surface area (TPSA) is 86.8 Å². The predicted octanol–water partition coefficient (Wildman–Crippen LogP) is 2.24. The van der Waals surface area contributed by atoms with Gasteiger partial charge in [0.2, 0.25) is 5.91 Å². The summed E-state index contributed by atoms with van der Waals surface area (Å²) in [7, 11) is 1.48. The number of nitrogens with one attached hydrogen (secondary N) is 2. The molecule has 2 aromatic heterocycles. The Bertz CT molecular complexity index is 971. The second-order valence-corrected chi connectivity index (χ2v) is 8.65. The Balaban J connectivity index is 1.81. The SMILES string of the molecule is CNC(=O)c1csc2c(OCC(F)(F)F)cc(N3CCN(CC(=O)NC(C)C)CC3)nc12. The third-order valence-corrected chi connectivity index (χ3v) is 5.84. The van der Waals surface area contributed by atoms with Gasteiger partial charge in [0.25, 0.3) is 5.91 Å². The summed E-state index contributed by atoms with van der Waals surface area (Å²) < 4.78 is 43.7. The molecule has 0 atom stereocenters. The molecule has 2 amide bonds. The van der Waals surface area contributed by atoms with Gasteiger partial charge in [-0.3, -0.25) is 14.5 Å². The Hall–Kier alpha value is -2.60. The van der Waals surface area contributed by atoms with Crippen LogP contribution in [0.1, 0.15) is 24.2 Å². The van der Waals surface area contributed by atoms with Gasteiger partial charge in [0.1, 0.15) is 11.6 Å². The zero-order valence-corrected chi connectivity index (χ0v) is 18.9. The van der Waals surface area contributed by atoms with Crippen LogP contribution in [0.15, 0.2) is 11.4 Å². The van der Waals surface area contributed by atoms with Crippen molar-refractivity contribution in [3.8, 4) is 5.75 Å². The van der Waals surface area contributed by atoms with Crippen LogP contribution in [-0.4, -0.2) is 80.3 Å². The second kappa shape index (κ2) is 9.90. The highest BCUT2D eigenvalue weighted by Crippen LogP contribution is 2.36. The number of thiophene rings is 1. The Morgan fingerprint density at radius 1 is 1.25 bits per heavy atom. The summed E-state index contributed by atoms with van der Waals surface area (Å²) in [6, 6.07) is 1.55. The number of hydrogen-bond acceptors (Lipinski definition) is 7. The maximum Gasteiger partial charge on any atom is 0.422 e. The van der Waals surface area contributed by atoms with Crippen molar-refractivity contribution in [2.75, 3.05) is 51.3 Å². The van der Waals surface area contributed by atoms with E-state index in [0.29, 0.717) is 42.2 Å². The molecule has 1 saturated heterocycles. The number of nitrogens with zero attached hydrogens (tertiary/aromatic N) is 3. The number of rotatable bonds is 7. The fourth-order valence-electron chi connectivity index (χ4n) is 3.40. The summed E-state index contributed by atoms with van der Waals surface area (Å²) in [6.07, 6.45) is -4.49. The maximum absolute atomic E-state index is 12.8. The lowest BCUT2D eigenvalue weighted by Gasteiger charge is -2.35. The molecule has 2 N–H and O–H groups in total. The molecular weight excluding hydrogens is 447 g/mol. The van der Waals surface area contributed by atoms with Gasteiger partial charge < -0.3 is 20.3 Å². The van der Waals surface area contributed by atoms with E-state index >= 15 is 0 Å². The average molecular weight is 474 g/mol. The van der Waals surface area contributed by atoms with Gasteiger partial charge in [-0.25, -0.2) is 4.98 Å². The van der Waals surface area contributed by atoms with Crippen LogP contribution in [0, 0.1) is 0 Å². The quantitative estimate of drug-likeness (QED) is 0.642. The first-order chi connectivity index (χ1) is 15.1. The summed E-state index contributed by atoms with van der Waals surface area (Å²) in [5.41, 5.74) is 0.595. The molecule has 0 saturated carbocycles. The molecule has 3 heterocycles. The Kier molecular flexibility index (Phi) is 7.44. The second-order valence-electron chi connectivity index (χ2n) is 7.77. The van der Waals surface area contributed by atoms with Crippen LogP contribution in [0.25, 0.3) is 10.2 Å². The van der Waals surface area contributed by atoms with Crippen LogP contribution in [0.5, 0.6) is 5.75 Å². The number of anilines is 1. The van der Waals surface area contributed by atoms with Crippen molar-refractivity contribution < 1.29 is 27.5 Å². The highest BCUT2D eigenvalue weighted by atomic mass is 32.1. The van der Waals surface area contributed by atoms with Crippen LogP contribution in [0.3, 0.4) is 0 Å². The van der Waals surface area contributed by atoms with E-state index in [2.05, 4.69) is 15.6 Å². The van der Waals surface area contributed by atoms with Crippen molar-refractivity contribution in [2.24, 2.45) is 0 Å². The van der Waals surface area contributed by atoms with Crippen molar-refractivity contribution in [1.29, 1.82) is 0 Å². The third-order valence-electron chi connectivity index (χ3n) is 4.85. The molecule has 0 radical (unpaired) electrons. The maximum atomic E-state index is 12.8. The molecule has 176 valence electrons. The Morgan fingerprint density at radius 2 is 1.94 bits per heavy atom. The van der Waals surface area contributed by atoms with E-state index in [9.17, 15) is 22.8 Å². The number of hydrogen-bond donors (Lipinski definition) is 2. The summed E-state index contributed by atoms with van der Waals surface area (Å²) in [5.74, 6) is 0.0544. The van der Waals surface area contributed by atoms with E-state index in [1.54, 1.807) is 5.38 Å². The number of carbonyl (C=O) groups is 2. The van der Waals surface area contributed by atoms with Gasteiger partial charge in [0, 0.05) is 50.7 Å². The molecule has 1 aliphatic rings. The largest absolute Gasteiger partial charge is 0.482 e. The number of aromatic nitrogens is 1. The van der Waals surface area contributed by atoms with Gasteiger partial charge in [-0.05, 0) is 13.8 Å². The van der Waals surface area contributed by atoms with E-state index in [0.717, 1.165) is 11.3 Å². The number of halogens is 3. The van der Waals surface area contributed by atoms with E-state index in [1.165, 1.54) is 13.1 Å². The molecule has 12 heteroatoms. The van der Waals surface area contributed by atoms with E-state index in [1.807, 2.05) is 23.6 Å². The number of pyridine rings is 1. The first kappa shape index (κ1) is 24.1. The molecule has 1 fully saturated rings. The van der Waals surface area contributed by atoms with Gasteiger partial charge in [0.15, 0.2) is 6.61 Å². The van der Waals surface area contributed by atoms with Crippen LogP contribution >= 0.6 is 11.3 Å². The van der Waals surface area contributed by atoms with E-state index < -0.39 is 12.8 Å². The normalized spacial score (nSPS) is 15.3. The van der Waals surface area contributed by atoms with E-state index in [-0.39, 0.29) is 35.7 Å². The third kappa shape index (κ3) is 6.00. The number of carbonyl (C=O) groups excluding carboxylic acids is 2. The number of alkyl halides is 3. The fourth-order valence-corrected chi connectivity index (χ4v) is 4.35. The molecule has 0 unspecified atom stereocenters. The molecule has 2 aromatic rings. The van der Waals surface area contributed by atoms with Gasteiger partial charge in [-0.1, -0.05) is 0 Å². The molecular formula is C20H26F3N5O3S. The summed E-state index contributed by atoms with van der Waals surface area (Å²) in [6.45, 7) is 4.89. The van der Waals surface area contributed by atoms with Crippen molar-refractivity contribution in [3.63, 3.8) is 0 Å². The van der Waals surface area contributed by atoms with Crippen LogP contribution < -0.4 is 20.3 Å². The minimum atomic E-state index is -4.49. The van der Waals surface area contributed by atoms with Gasteiger partial charge >= 0.3 is 6.18 Å². The predicted molar refractivity (Wildman–Crippen MR) is 116 cm³/mol. The lowest BCUT2D eigenvalue weighted by molar-refractivity contribution is -0.153. The van der Waals surface area contributed by atoms with Gasteiger partial charge in [-0.2, -0.15) is 13.2 Å². The summed E-state index contributed by atoms with van der Waals surface area (Å²) >= 11 is 1.12. The molecule has 0 spiro atoms. The minimum absolute atomic E-state index is 0.0428. The molecule has 0 bridgehead atoms.